The first-order chi connectivity index (χ1) is 12.9. The monoisotopic (exact) mass is 365 g/mol. The molecule has 27 heavy (non-hydrogen) atoms. The van der Waals surface area contributed by atoms with E-state index in [1.54, 1.807) is 0 Å². The van der Waals surface area contributed by atoms with Gasteiger partial charge in [-0.15, -0.1) is 0 Å². The van der Waals surface area contributed by atoms with E-state index < -0.39 is 6.09 Å². The number of aromatic nitrogens is 1. The lowest BCUT2D eigenvalue weighted by atomic mass is 9.72. The number of hydrogen-bond donors (Lipinski definition) is 1. The molecule has 2 heterocycles. The second-order valence-corrected chi connectivity index (χ2v) is 8.25. The van der Waals surface area contributed by atoms with Crippen molar-refractivity contribution in [1.29, 1.82) is 0 Å². The van der Waals surface area contributed by atoms with Gasteiger partial charge in [-0.25, -0.2) is 9.78 Å². The molecule has 1 N–H and O–H groups in total. The van der Waals surface area contributed by atoms with Gasteiger partial charge in [-0.1, -0.05) is 32.0 Å². The minimum absolute atomic E-state index is 0.255. The number of rotatable bonds is 2. The van der Waals surface area contributed by atoms with E-state index in [2.05, 4.69) is 43.0 Å². The van der Waals surface area contributed by atoms with Gasteiger partial charge in [-0.2, -0.15) is 0 Å². The van der Waals surface area contributed by atoms with Gasteiger partial charge < -0.3 is 14.9 Å². The van der Waals surface area contributed by atoms with Crippen molar-refractivity contribution in [3.63, 3.8) is 0 Å². The standard InChI is InChI=1S/C22H27N3O2/c1-22(2)10-4-5-16-15-17(8-9-18(16)22)19-6-3-7-20(23-19)24-11-13-25(14-12-24)21(26)27/h3,6-9,15H,4-5,10-14H2,1-2H3,(H,26,27). The Morgan fingerprint density at radius 3 is 2.63 bits per heavy atom. The van der Waals surface area contributed by atoms with Crippen molar-refractivity contribution in [3.8, 4) is 11.3 Å². The maximum Gasteiger partial charge on any atom is 0.407 e. The molecule has 0 atom stereocenters. The van der Waals surface area contributed by atoms with Gasteiger partial charge in [0.15, 0.2) is 0 Å². The fraction of sp³-hybridized carbons (Fsp3) is 0.455. The number of pyridine rings is 1. The lowest BCUT2D eigenvalue weighted by Crippen LogP contribution is -2.48. The molecule has 1 aliphatic heterocycles. The van der Waals surface area contributed by atoms with Crippen molar-refractivity contribution >= 4 is 11.9 Å². The molecular formula is C22H27N3O2. The summed E-state index contributed by atoms with van der Waals surface area (Å²) in [7, 11) is 0. The Morgan fingerprint density at radius 2 is 1.89 bits per heavy atom. The summed E-state index contributed by atoms with van der Waals surface area (Å²) in [5, 5.41) is 9.11. The topological polar surface area (TPSA) is 56.7 Å². The van der Waals surface area contributed by atoms with Crippen LogP contribution in [0.1, 0.15) is 37.8 Å². The van der Waals surface area contributed by atoms with E-state index in [1.807, 2.05) is 12.1 Å². The van der Waals surface area contributed by atoms with Gasteiger partial charge in [0, 0.05) is 31.7 Å². The Labute approximate surface area is 160 Å². The molecule has 5 nitrogen and oxygen atoms in total. The molecule has 0 bridgehead atoms. The van der Waals surface area contributed by atoms with Crippen LogP contribution in [0.2, 0.25) is 0 Å². The summed E-state index contributed by atoms with van der Waals surface area (Å²) in [5.41, 5.74) is 5.33. The van der Waals surface area contributed by atoms with Crippen molar-refractivity contribution in [3.05, 3.63) is 47.5 Å². The van der Waals surface area contributed by atoms with Gasteiger partial charge in [0.05, 0.1) is 5.69 Å². The highest BCUT2D eigenvalue weighted by Crippen LogP contribution is 2.38. The quantitative estimate of drug-likeness (QED) is 0.868. The maximum atomic E-state index is 11.1. The van der Waals surface area contributed by atoms with Gasteiger partial charge >= 0.3 is 6.09 Å². The number of nitrogens with zero attached hydrogens (tertiary/aromatic N) is 3. The summed E-state index contributed by atoms with van der Waals surface area (Å²) in [6, 6.07) is 12.9. The number of carboxylic acid groups (broad SMARTS) is 1. The molecule has 1 saturated heterocycles. The van der Waals surface area contributed by atoms with Gasteiger partial charge in [-0.3, -0.25) is 0 Å². The summed E-state index contributed by atoms with van der Waals surface area (Å²) >= 11 is 0. The zero-order valence-electron chi connectivity index (χ0n) is 16.1. The highest BCUT2D eigenvalue weighted by atomic mass is 16.4. The second-order valence-electron chi connectivity index (χ2n) is 8.25. The first-order valence-corrected chi connectivity index (χ1v) is 9.78. The summed E-state index contributed by atoms with van der Waals surface area (Å²) < 4.78 is 0. The predicted octanol–water partition coefficient (Wildman–Crippen LogP) is 4.16. The van der Waals surface area contributed by atoms with E-state index >= 15 is 0 Å². The van der Waals surface area contributed by atoms with Crippen LogP contribution in [0.25, 0.3) is 11.3 Å². The average molecular weight is 365 g/mol. The van der Waals surface area contributed by atoms with Crippen LogP contribution in [-0.2, 0) is 11.8 Å². The molecule has 1 fully saturated rings. The van der Waals surface area contributed by atoms with E-state index in [4.69, 9.17) is 10.1 Å². The summed E-state index contributed by atoms with van der Waals surface area (Å²) in [6.07, 6.45) is 2.79. The van der Waals surface area contributed by atoms with E-state index in [0.717, 1.165) is 23.5 Å². The van der Waals surface area contributed by atoms with Crippen molar-refractivity contribution in [2.75, 3.05) is 31.1 Å². The Bertz CT molecular complexity index is 854. The minimum atomic E-state index is -0.839. The lowest BCUT2D eigenvalue weighted by Gasteiger charge is -2.34. The Kier molecular flexibility index (Phi) is 4.54. The van der Waals surface area contributed by atoms with E-state index in [9.17, 15) is 4.79 Å². The lowest BCUT2D eigenvalue weighted by molar-refractivity contribution is 0.142. The molecule has 2 aromatic rings. The number of fused-ring (bicyclic) bond motifs is 1. The largest absolute Gasteiger partial charge is 0.465 e. The first kappa shape index (κ1) is 17.8. The van der Waals surface area contributed by atoms with E-state index in [-0.39, 0.29) is 5.41 Å². The summed E-state index contributed by atoms with van der Waals surface area (Å²) in [5.74, 6) is 0.926. The predicted molar refractivity (Wildman–Crippen MR) is 107 cm³/mol. The zero-order valence-corrected chi connectivity index (χ0v) is 16.1. The Hall–Kier alpha value is -2.56. The van der Waals surface area contributed by atoms with E-state index in [0.29, 0.717) is 26.2 Å². The fourth-order valence-electron chi connectivity index (χ4n) is 4.36. The zero-order chi connectivity index (χ0) is 19.0. The molecule has 1 aromatic carbocycles. The normalized spacial score (nSPS) is 18.9. The van der Waals surface area contributed by atoms with Crippen LogP contribution in [0.5, 0.6) is 0 Å². The number of benzene rings is 1. The first-order valence-electron chi connectivity index (χ1n) is 9.78. The van der Waals surface area contributed by atoms with Crippen LogP contribution >= 0.6 is 0 Å². The van der Waals surface area contributed by atoms with Crippen LogP contribution in [0.15, 0.2) is 36.4 Å². The molecule has 0 saturated carbocycles. The maximum absolute atomic E-state index is 11.1. The third kappa shape index (κ3) is 3.51. The van der Waals surface area contributed by atoms with Crippen molar-refractivity contribution < 1.29 is 9.90 Å². The molecule has 0 radical (unpaired) electrons. The van der Waals surface area contributed by atoms with Gasteiger partial charge in [0.2, 0.25) is 0 Å². The van der Waals surface area contributed by atoms with Crippen LogP contribution in [0.4, 0.5) is 10.6 Å². The van der Waals surface area contributed by atoms with Gasteiger partial charge in [0.25, 0.3) is 0 Å². The summed E-state index contributed by atoms with van der Waals surface area (Å²) in [4.78, 5) is 19.6. The molecule has 5 heteroatoms. The molecule has 1 aliphatic carbocycles. The molecular weight excluding hydrogens is 338 g/mol. The number of carbonyl (C=O) groups is 1. The third-order valence-corrected chi connectivity index (χ3v) is 5.99. The van der Waals surface area contributed by atoms with Crippen molar-refractivity contribution in [1.82, 2.24) is 9.88 Å². The van der Waals surface area contributed by atoms with E-state index in [1.165, 1.54) is 28.9 Å². The number of aryl methyl sites for hydroxylation is 1. The number of amides is 1. The number of piperazine rings is 1. The molecule has 1 aromatic heterocycles. The van der Waals surface area contributed by atoms with Gasteiger partial charge in [-0.05, 0) is 54.0 Å². The van der Waals surface area contributed by atoms with Crippen LogP contribution in [-0.4, -0.2) is 47.3 Å². The Balaban J connectivity index is 1.58. The highest BCUT2D eigenvalue weighted by molar-refractivity contribution is 5.66. The molecule has 0 unspecified atom stereocenters. The van der Waals surface area contributed by atoms with Crippen LogP contribution in [0.3, 0.4) is 0 Å². The highest BCUT2D eigenvalue weighted by Gasteiger charge is 2.27. The van der Waals surface area contributed by atoms with Crippen LogP contribution < -0.4 is 4.90 Å². The second kappa shape index (κ2) is 6.87. The fourth-order valence-corrected chi connectivity index (χ4v) is 4.36. The molecule has 4 rings (SSSR count). The number of anilines is 1. The van der Waals surface area contributed by atoms with Crippen molar-refractivity contribution in [2.45, 2.75) is 38.5 Å². The molecule has 0 spiro atoms. The molecule has 142 valence electrons. The Morgan fingerprint density at radius 1 is 1.11 bits per heavy atom. The molecule has 2 aliphatic rings. The van der Waals surface area contributed by atoms with Crippen LogP contribution in [0, 0.1) is 0 Å². The summed E-state index contributed by atoms with van der Waals surface area (Å²) in [6.45, 7) is 7.08. The third-order valence-electron chi connectivity index (χ3n) is 5.99. The SMILES string of the molecule is CC1(C)CCCc2cc(-c3cccc(N4CCN(C(=O)O)CC4)n3)ccc21. The number of hydrogen-bond acceptors (Lipinski definition) is 3. The minimum Gasteiger partial charge on any atom is -0.465 e. The van der Waals surface area contributed by atoms with Gasteiger partial charge in [0.1, 0.15) is 5.82 Å². The van der Waals surface area contributed by atoms with Crippen molar-refractivity contribution in [2.24, 2.45) is 0 Å². The average Bonchev–Trinajstić information content (AvgIpc) is 2.67. The smallest absolute Gasteiger partial charge is 0.407 e. The molecule has 1 amide bonds.